The number of amides is 1. The Morgan fingerprint density at radius 3 is 2.43 bits per heavy atom. The average molecular weight is 500 g/mol. The van der Waals surface area contributed by atoms with Crippen molar-refractivity contribution in [1.82, 2.24) is 19.4 Å². The van der Waals surface area contributed by atoms with Crippen molar-refractivity contribution in [2.45, 2.75) is 24.8 Å². The predicted molar refractivity (Wildman–Crippen MR) is 133 cm³/mol. The third-order valence-corrected chi connectivity index (χ3v) is 7.33. The quantitative estimate of drug-likeness (QED) is 0.430. The van der Waals surface area contributed by atoms with Crippen molar-refractivity contribution in [3.63, 3.8) is 0 Å². The number of nitrogens with one attached hydrogen (secondary N) is 2. The van der Waals surface area contributed by atoms with Crippen LogP contribution in [0.2, 0.25) is 0 Å². The molecule has 11 heteroatoms. The van der Waals surface area contributed by atoms with Crippen molar-refractivity contribution in [3.8, 4) is 0 Å². The monoisotopic (exact) mass is 499 g/mol. The number of carbonyl (C=O) groups excluding carboxylic acids is 1. The Bertz CT molecular complexity index is 1350. The lowest BCUT2D eigenvalue weighted by Gasteiger charge is -2.26. The molecule has 186 valence electrons. The lowest BCUT2D eigenvalue weighted by molar-refractivity contribution is 0.0376. The fraction of sp³-hybridized carbons (Fsp3) is 0.375. The lowest BCUT2D eigenvalue weighted by Crippen LogP contribution is -2.38. The molecule has 10 nitrogen and oxygen atoms in total. The Morgan fingerprint density at radius 2 is 1.74 bits per heavy atom. The molecule has 0 spiro atoms. The van der Waals surface area contributed by atoms with E-state index in [2.05, 4.69) is 20.0 Å². The van der Waals surface area contributed by atoms with Crippen molar-refractivity contribution in [1.29, 1.82) is 0 Å². The van der Waals surface area contributed by atoms with Crippen LogP contribution in [0.1, 0.15) is 23.8 Å². The number of rotatable bonds is 9. The highest BCUT2D eigenvalue weighted by Gasteiger charge is 2.18. The first kappa shape index (κ1) is 25.0. The minimum absolute atomic E-state index is 0.116. The van der Waals surface area contributed by atoms with Crippen LogP contribution in [-0.4, -0.2) is 68.4 Å². The highest BCUT2D eigenvalue weighted by Crippen LogP contribution is 2.18. The van der Waals surface area contributed by atoms with E-state index in [9.17, 15) is 18.0 Å². The summed E-state index contributed by atoms with van der Waals surface area (Å²) in [6, 6.07) is 12.8. The number of anilines is 1. The predicted octanol–water partition coefficient (Wildman–Crippen LogP) is 1.67. The number of carbonyl (C=O) groups is 1. The molecular formula is C24H29N5O5S. The Hall–Kier alpha value is -3.12. The van der Waals surface area contributed by atoms with Crippen LogP contribution in [0.3, 0.4) is 0 Å². The fourth-order valence-electron chi connectivity index (χ4n) is 3.94. The van der Waals surface area contributed by atoms with Crippen molar-refractivity contribution in [2.75, 3.05) is 44.7 Å². The van der Waals surface area contributed by atoms with Gasteiger partial charge in [-0.15, -0.1) is 0 Å². The van der Waals surface area contributed by atoms with Crippen LogP contribution in [0.15, 0.2) is 58.2 Å². The van der Waals surface area contributed by atoms with Gasteiger partial charge < -0.3 is 10.1 Å². The largest absolute Gasteiger partial charge is 0.379 e. The summed E-state index contributed by atoms with van der Waals surface area (Å²) >= 11 is 0. The van der Waals surface area contributed by atoms with E-state index < -0.39 is 15.9 Å². The topological polar surface area (TPSA) is 123 Å². The van der Waals surface area contributed by atoms with Gasteiger partial charge in [-0.1, -0.05) is 18.2 Å². The number of benzene rings is 2. The maximum Gasteiger partial charge on any atom is 0.276 e. The zero-order valence-corrected chi connectivity index (χ0v) is 20.4. The zero-order chi connectivity index (χ0) is 24.8. The second-order valence-corrected chi connectivity index (χ2v) is 9.97. The highest BCUT2D eigenvalue weighted by atomic mass is 32.2. The zero-order valence-electron chi connectivity index (χ0n) is 19.6. The van der Waals surface area contributed by atoms with E-state index in [1.54, 1.807) is 31.2 Å². The molecule has 1 aromatic heterocycles. The van der Waals surface area contributed by atoms with Crippen molar-refractivity contribution < 1.29 is 17.9 Å². The summed E-state index contributed by atoms with van der Waals surface area (Å²) in [5.74, 6) is -0.486. The molecule has 0 saturated carbocycles. The van der Waals surface area contributed by atoms with Gasteiger partial charge in [-0.05, 0) is 50.2 Å². The molecule has 35 heavy (non-hydrogen) atoms. The Kier molecular flexibility index (Phi) is 7.91. The molecule has 2 aromatic carbocycles. The van der Waals surface area contributed by atoms with Crippen molar-refractivity contribution >= 4 is 32.4 Å². The summed E-state index contributed by atoms with van der Waals surface area (Å²) in [6.45, 7) is 6.41. The van der Waals surface area contributed by atoms with Crippen LogP contribution in [0, 0.1) is 0 Å². The number of aromatic nitrogens is 2. The van der Waals surface area contributed by atoms with E-state index in [1.165, 1.54) is 28.9 Å². The van der Waals surface area contributed by atoms with Crippen LogP contribution in [0.4, 0.5) is 5.69 Å². The summed E-state index contributed by atoms with van der Waals surface area (Å²) < 4.78 is 34.4. The summed E-state index contributed by atoms with van der Waals surface area (Å²) in [4.78, 5) is 27.8. The first-order valence-electron chi connectivity index (χ1n) is 11.6. The number of morpholine rings is 1. The summed E-state index contributed by atoms with van der Waals surface area (Å²) in [7, 11) is -3.66. The van der Waals surface area contributed by atoms with Gasteiger partial charge in [0.2, 0.25) is 10.0 Å². The standard InChI is InChI=1S/C24H29N5O5S/c1-2-29-24(31)21-7-4-3-6-20(21)22(27-29)23(30)26-18-8-10-19(11-9-18)35(32,33)25-12-5-13-28-14-16-34-17-15-28/h3-4,6-11,25H,2,5,12-17H2,1H3,(H,26,30). The van der Waals surface area contributed by atoms with Gasteiger partial charge in [-0.3, -0.25) is 14.5 Å². The van der Waals surface area contributed by atoms with Gasteiger partial charge in [0, 0.05) is 37.3 Å². The SMILES string of the molecule is CCn1nc(C(=O)Nc2ccc(S(=O)(=O)NCCCN3CCOCC3)cc2)c2ccccc2c1=O. The smallest absolute Gasteiger partial charge is 0.276 e. The number of hydrogen-bond acceptors (Lipinski definition) is 7. The van der Waals surface area contributed by atoms with E-state index >= 15 is 0 Å². The molecular weight excluding hydrogens is 470 g/mol. The fourth-order valence-corrected chi connectivity index (χ4v) is 5.02. The number of nitrogens with zero attached hydrogens (tertiary/aromatic N) is 3. The lowest BCUT2D eigenvalue weighted by atomic mass is 10.1. The van der Waals surface area contributed by atoms with E-state index in [0.29, 0.717) is 49.2 Å². The van der Waals surface area contributed by atoms with Gasteiger partial charge in [0.15, 0.2) is 5.69 Å². The summed E-state index contributed by atoms with van der Waals surface area (Å²) in [6.07, 6.45) is 0.703. The van der Waals surface area contributed by atoms with Gasteiger partial charge in [0.25, 0.3) is 11.5 Å². The van der Waals surface area contributed by atoms with Gasteiger partial charge >= 0.3 is 0 Å². The van der Waals surface area contributed by atoms with Crippen LogP contribution >= 0.6 is 0 Å². The van der Waals surface area contributed by atoms with Gasteiger partial charge in [-0.25, -0.2) is 17.8 Å². The normalized spacial score (nSPS) is 14.8. The van der Waals surface area contributed by atoms with E-state index in [1.807, 2.05) is 0 Å². The molecule has 1 fully saturated rings. The van der Waals surface area contributed by atoms with Crippen molar-refractivity contribution in [2.24, 2.45) is 0 Å². The summed E-state index contributed by atoms with van der Waals surface area (Å²) in [5, 5.41) is 7.83. The molecule has 3 aromatic rings. The Labute approximate surface area is 203 Å². The number of ether oxygens (including phenoxy) is 1. The molecule has 1 amide bonds. The second-order valence-electron chi connectivity index (χ2n) is 8.20. The molecule has 1 aliphatic rings. The van der Waals surface area contributed by atoms with Crippen LogP contribution < -0.4 is 15.6 Å². The molecule has 0 unspecified atom stereocenters. The molecule has 0 bridgehead atoms. The Morgan fingerprint density at radius 1 is 1.06 bits per heavy atom. The molecule has 1 saturated heterocycles. The first-order valence-corrected chi connectivity index (χ1v) is 13.1. The number of aryl methyl sites for hydroxylation is 1. The van der Waals surface area contributed by atoms with E-state index in [-0.39, 0.29) is 16.1 Å². The number of hydrogen-bond donors (Lipinski definition) is 2. The highest BCUT2D eigenvalue weighted by molar-refractivity contribution is 7.89. The van der Waals surface area contributed by atoms with Gasteiger partial charge in [0.05, 0.1) is 23.5 Å². The van der Waals surface area contributed by atoms with Gasteiger partial charge in [-0.2, -0.15) is 5.10 Å². The Balaban J connectivity index is 1.40. The van der Waals surface area contributed by atoms with Crippen LogP contribution in [-0.2, 0) is 21.3 Å². The third-order valence-electron chi connectivity index (χ3n) is 5.85. The van der Waals surface area contributed by atoms with E-state index in [4.69, 9.17) is 4.74 Å². The summed E-state index contributed by atoms with van der Waals surface area (Å²) in [5.41, 5.74) is 0.286. The molecule has 0 radical (unpaired) electrons. The van der Waals surface area contributed by atoms with Crippen LogP contribution in [0.25, 0.3) is 10.8 Å². The maximum absolute atomic E-state index is 13.0. The van der Waals surface area contributed by atoms with Crippen LogP contribution in [0.5, 0.6) is 0 Å². The minimum Gasteiger partial charge on any atom is -0.379 e. The molecule has 0 atom stereocenters. The molecule has 2 N–H and O–H groups in total. The molecule has 4 rings (SSSR count). The second kappa shape index (κ2) is 11.1. The minimum atomic E-state index is -3.66. The van der Waals surface area contributed by atoms with Gasteiger partial charge in [0.1, 0.15) is 0 Å². The number of sulfonamides is 1. The third kappa shape index (κ3) is 5.93. The molecule has 1 aliphatic heterocycles. The van der Waals surface area contributed by atoms with E-state index in [0.717, 1.165) is 19.6 Å². The number of fused-ring (bicyclic) bond motifs is 1. The van der Waals surface area contributed by atoms with Crippen molar-refractivity contribution in [3.05, 3.63) is 64.6 Å². The maximum atomic E-state index is 13.0. The molecule has 2 heterocycles. The molecule has 0 aliphatic carbocycles. The first-order chi connectivity index (χ1) is 16.9. The average Bonchev–Trinajstić information content (AvgIpc) is 2.88.